The Labute approximate surface area is 105 Å². The first-order chi connectivity index (χ1) is 6.41. The van der Waals surface area contributed by atoms with Gasteiger partial charge in [0.2, 0.25) is 0 Å². The molecule has 0 rings (SSSR count). The zero-order valence-corrected chi connectivity index (χ0v) is 12.8. The van der Waals surface area contributed by atoms with Gasteiger partial charge in [-0.2, -0.15) is 0 Å². The van der Waals surface area contributed by atoms with Crippen molar-refractivity contribution in [3.05, 3.63) is 0 Å². The van der Waals surface area contributed by atoms with E-state index in [0.29, 0.717) is 0 Å². The Kier molecular flexibility index (Phi) is 14.7. The first kappa shape index (κ1) is 14.4. The van der Waals surface area contributed by atoms with Gasteiger partial charge < -0.3 is 0 Å². The summed E-state index contributed by atoms with van der Waals surface area (Å²) < 4.78 is 3.35. The predicted octanol–water partition coefficient (Wildman–Crippen LogP) is 5.07. The third-order valence-corrected chi connectivity index (χ3v) is 6.95. The third-order valence-electron chi connectivity index (χ3n) is 2.41. The van der Waals surface area contributed by atoms with Crippen molar-refractivity contribution < 1.29 is 36.7 Å². The van der Waals surface area contributed by atoms with Crippen LogP contribution in [0.25, 0.3) is 0 Å². The molecular weight excluding hydrogens is 288 g/mol. The molecule has 0 fully saturated rings. The van der Waals surface area contributed by atoms with Gasteiger partial charge in [0.25, 0.3) is 0 Å². The standard InChI is InChI=1S/2C6H13.Nd/c2*1-3-5-6-4-2;/h2*1,3-6H2,2H3;. The molecule has 0 aromatic heterocycles. The summed E-state index contributed by atoms with van der Waals surface area (Å²) in [6.45, 7) is 4.60. The van der Waals surface area contributed by atoms with Gasteiger partial charge in [0.1, 0.15) is 0 Å². The van der Waals surface area contributed by atoms with Gasteiger partial charge in [0, 0.05) is 0 Å². The van der Waals surface area contributed by atoms with Crippen molar-refractivity contribution in [2.45, 2.75) is 69.4 Å². The molecule has 78 valence electrons. The Balaban J connectivity index is 2.76. The molecule has 0 aliphatic carbocycles. The van der Waals surface area contributed by atoms with Gasteiger partial charge >= 0.3 is 106 Å². The van der Waals surface area contributed by atoms with Gasteiger partial charge in [-0.15, -0.1) is 0 Å². The molecule has 0 nitrogen and oxygen atoms in total. The molecule has 1 heteroatoms. The van der Waals surface area contributed by atoms with Crippen LogP contribution >= 0.6 is 0 Å². The van der Waals surface area contributed by atoms with Crippen molar-refractivity contribution in [1.29, 1.82) is 0 Å². The molecule has 0 spiro atoms. The summed E-state index contributed by atoms with van der Waals surface area (Å²) in [6, 6.07) is 0. The molecule has 0 heterocycles. The summed E-state index contributed by atoms with van der Waals surface area (Å²) in [6.07, 6.45) is 11.9. The summed E-state index contributed by atoms with van der Waals surface area (Å²) in [5.74, 6) is 0. The molecule has 0 aliphatic heterocycles. The van der Waals surface area contributed by atoms with E-state index in [9.17, 15) is 0 Å². The van der Waals surface area contributed by atoms with Crippen molar-refractivity contribution in [3.8, 4) is 0 Å². The number of hydrogen-bond donors (Lipinski definition) is 0. The fourth-order valence-corrected chi connectivity index (χ4v) is 5.49. The molecule has 0 saturated carbocycles. The van der Waals surface area contributed by atoms with E-state index in [0.717, 1.165) is 0 Å². The predicted molar refractivity (Wildman–Crippen MR) is 57.9 cm³/mol. The second kappa shape index (κ2) is 13.4. The van der Waals surface area contributed by atoms with Gasteiger partial charge in [-0.05, 0) is 0 Å². The molecule has 0 N–H and O–H groups in total. The Morgan fingerprint density at radius 3 is 1.46 bits per heavy atom. The van der Waals surface area contributed by atoms with Crippen molar-refractivity contribution in [1.82, 2.24) is 0 Å². The molecule has 0 saturated heterocycles. The molecule has 0 aliphatic rings. The first-order valence-corrected chi connectivity index (χ1v) is 10.7. The van der Waals surface area contributed by atoms with E-state index in [1.165, 1.54) is 38.5 Å². The Morgan fingerprint density at radius 2 is 1.08 bits per heavy atom. The van der Waals surface area contributed by atoms with Gasteiger partial charge in [0.05, 0.1) is 0 Å². The summed E-state index contributed by atoms with van der Waals surface area (Å²) in [5, 5.41) is 0. The summed E-state index contributed by atoms with van der Waals surface area (Å²) in [4.78, 5) is 0. The zero-order chi connectivity index (χ0) is 9.78. The number of rotatable bonds is 10. The maximum atomic E-state index is 2.30. The van der Waals surface area contributed by atoms with Crippen LogP contribution in [0.3, 0.4) is 0 Å². The maximum absolute atomic E-state index is 2.30. The van der Waals surface area contributed by atoms with Crippen LogP contribution in [-0.2, 0) is 0 Å². The van der Waals surface area contributed by atoms with E-state index in [-0.39, 0.29) is 36.7 Å². The van der Waals surface area contributed by atoms with Crippen molar-refractivity contribution in [2.24, 2.45) is 0 Å². The fourth-order valence-electron chi connectivity index (χ4n) is 1.48. The summed E-state index contributed by atoms with van der Waals surface area (Å²) in [5.41, 5.74) is 0. The minimum atomic E-state index is -0.0943. The molecule has 0 radical (unpaired) electrons. The molecule has 0 amide bonds. The molecule has 0 atom stereocenters. The fraction of sp³-hybridized carbons (Fsp3) is 1.00. The van der Waals surface area contributed by atoms with Crippen molar-refractivity contribution in [2.75, 3.05) is 0 Å². The van der Waals surface area contributed by atoms with Crippen molar-refractivity contribution >= 4 is 0 Å². The molecule has 0 bridgehead atoms. The zero-order valence-electron chi connectivity index (χ0n) is 9.57. The Hall–Kier alpha value is 1.35. The summed E-state index contributed by atoms with van der Waals surface area (Å²) >= 11 is -0.0943. The van der Waals surface area contributed by atoms with Crippen LogP contribution in [0, 0.1) is 36.7 Å². The second-order valence-electron chi connectivity index (χ2n) is 3.87. The normalized spacial score (nSPS) is 10.3. The van der Waals surface area contributed by atoms with E-state index in [2.05, 4.69) is 13.8 Å². The molecule has 0 aromatic carbocycles. The van der Waals surface area contributed by atoms with Crippen LogP contribution in [0.15, 0.2) is 0 Å². The van der Waals surface area contributed by atoms with Gasteiger partial charge in [-0.3, -0.25) is 0 Å². The first-order valence-electron chi connectivity index (χ1n) is 6.12. The van der Waals surface area contributed by atoms with Gasteiger partial charge in [-0.25, -0.2) is 0 Å². The van der Waals surface area contributed by atoms with Crippen LogP contribution in [0.2, 0.25) is 4.14 Å². The number of hydrogen-bond acceptors (Lipinski definition) is 0. The monoisotopic (exact) mass is 312 g/mol. The van der Waals surface area contributed by atoms with Gasteiger partial charge in [-0.1, -0.05) is 0 Å². The quantitative estimate of drug-likeness (QED) is 0.494. The molecule has 0 aromatic rings. The van der Waals surface area contributed by atoms with E-state index < -0.39 is 0 Å². The van der Waals surface area contributed by atoms with E-state index >= 15 is 0 Å². The Morgan fingerprint density at radius 1 is 0.615 bits per heavy atom. The average Bonchev–Trinajstić information content (AvgIpc) is 2.16. The Bertz CT molecular complexity index is 71.2. The van der Waals surface area contributed by atoms with Gasteiger partial charge in [0.15, 0.2) is 0 Å². The van der Waals surface area contributed by atoms with E-state index in [4.69, 9.17) is 0 Å². The van der Waals surface area contributed by atoms with Crippen molar-refractivity contribution in [3.63, 3.8) is 0 Å². The SMILES string of the molecule is CCCCC[CH2][Nd][CH2]CCCCC. The van der Waals surface area contributed by atoms with Crippen LogP contribution in [0.4, 0.5) is 0 Å². The number of unbranched alkanes of at least 4 members (excludes halogenated alkanes) is 6. The third kappa shape index (κ3) is 13.4. The van der Waals surface area contributed by atoms with Crippen LogP contribution < -0.4 is 0 Å². The minimum absolute atomic E-state index is 0.0943. The molecule has 13 heavy (non-hydrogen) atoms. The van der Waals surface area contributed by atoms with Crippen LogP contribution in [0.1, 0.15) is 65.2 Å². The molecule has 0 unspecified atom stereocenters. The van der Waals surface area contributed by atoms with Crippen LogP contribution in [0.5, 0.6) is 0 Å². The average molecular weight is 315 g/mol. The van der Waals surface area contributed by atoms with E-state index in [1.807, 2.05) is 0 Å². The van der Waals surface area contributed by atoms with E-state index in [1.54, 1.807) is 17.0 Å². The van der Waals surface area contributed by atoms with Crippen LogP contribution in [-0.4, -0.2) is 0 Å². The second-order valence-corrected chi connectivity index (χ2v) is 8.68. The summed E-state index contributed by atoms with van der Waals surface area (Å²) in [7, 11) is 0. The topological polar surface area (TPSA) is 0 Å². The molecular formula is C12H26Nd.